The smallest absolute Gasteiger partial charge is 0.270 e. The lowest BCUT2D eigenvalue weighted by atomic mass is 9.97. The molecule has 2 aliphatic heterocycles. The van der Waals surface area contributed by atoms with E-state index < -0.39 is 4.92 Å². The number of nitro groups is 1. The molecule has 4 N–H and O–H groups in total. The number of amides is 2. The van der Waals surface area contributed by atoms with Gasteiger partial charge in [-0.05, 0) is 59.8 Å². The molecule has 0 saturated carbocycles. The molecule has 0 bridgehead atoms. The standard InChI is InChI=1S/C28H27N5O4/c1-17(34)32-13-11-20-14-22(7-6-21(20)16-32)30-27(19-4-2-18(3-5-19)10-12-29)26-24-15-23(33(36)37)8-9-25(24)31-28(26)35/h2-9,14-15,30H,10-13,16,29H2,1H3,(H,31,35). The molecule has 0 atom stereocenters. The van der Waals surface area contributed by atoms with Crippen LogP contribution in [-0.2, 0) is 29.0 Å². The second-order valence-electron chi connectivity index (χ2n) is 9.23. The van der Waals surface area contributed by atoms with Crippen molar-refractivity contribution >= 4 is 40.1 Å². The summed E-state index contributed by atoms with van der Waals surface area (Å²) < 4.78 is 0. The van der Waals surface area contributed by atoms with E-state index in [0.717, 1.165) is 40.8 Å². The maximum absolute atomic E-state index is 13.2. The van der Waals surface area contributed by atoms with E-state index in [0.29, 0.717) is 42.2 Å². The number of benzene rings is 3. The zero-order chi connectivity index (χ0) is 26.1. The van der Waals surface area contributed by atoms with Gasteiger partial charge in [0, 0.05) is 49.1 Å². The lowest BCUT2D eigenvalue weighted by molar-refractivity contribution is -0.384. The first-order valence-corrected chi connectivity index (χ1v) is 12.1. The predicted molar refractivity (Wildman–Crippen MR) is 143 cm³/mol. The van der Waals surface area contributed by atoms with Crippen molar-refractivity contribution in [1.82, 2.24) is 4.90 Å². The number of nitro benzene ring substituents is 1. The lowest BCUT2D eigenvalue weighted by Crippen LogP contribution is -2.34. The summed E-state index contributed by atoms with van der Waals surface area (Å²) in [6.07, 6.45) is 1.47. The highest BCUT2D eigenvalue weighted by atomic mass is 16.6. The Morgan fingerprint density at radius 3 is 2.59 bits per heavy atom. The molecular formula is C28H27N5O4. The molecule has 188 valence electrons. The summed E-state index contributed by atoms with van der Waals surface area (Å²) >= 11 is 0. The molecule has 2 heterocycles. The number of carbonyl (C=O) groups excluding carboxylic acids is 2. The predicted octanol–water partition coefficient (Wildman–Crippen LogP) is 3.93. The van der Waals surface area contributed by atoms with Crippen molar-refractivity contribution in [2.75, 3.05) is 23.7 Å². The fourth-order valence-corrected chi connectivity index (χ4v) is 4.84. The second-order valence-corrected chi connectivity index (χ2v) is 9.23. The highest BCUT2D eigenvalue weighted by Crippen LogP contribution is 2.39. The van der Waals surface area contributed by atoms with Crippen molar-refractivity contribution in [3.05, 3.63) is 98.6 Å². The highest BCUT2D eigenvalue weighted by Gasteiger charge is 2.30. The Morgan fingerprint density at radius 1 is 1.11 bits per heavy atom. The molecule has 3 aromatic carbocycles. The quantitative estimate of drug-likeness (QED) is 0.269. The number of nitrogens with two attached hydrogens (primary N) is 1. The van der Waals surface area contributed by atoms with Gasteiger partial charge in [-0.15, -0.1) is 0 Å². The summed E-state index contributed by atoms with van der Waals surface area (Å²) in [5, 5.41) is 17.7. The van der Waals surface area contributed by atoms with E-state index in [2.05, 4.69) is 10.6 Å². The van der Waals surface area contributed by atoms with Gasteiger partial charge < -0.3 is 21.3 Å². The summed E-state index contributed by atoms with van der Waals surface area (Å²) in [6, 6.07) is 18.1. The van der Waals surface area contributed by atoms with E-state index in [1.807, 2.05) is 47.4 Å². The molecule has 0 unspecified atom stereocenters. The van der Waals surface area contributed by atoms with Crippen LogP contribution in [-0.4, -0.2) is 34.7 Å². The van der Waals surface area contributed by atoms with Gasteiger partial charge in [0.25, 0.3) is 11.6 Å². The minimum Gasteiger partial charge on any atom is -0.354 e. The topological polar surface area (TPSA) is 131 Å². The van der Waals surface area contributed by atoms with Gasteiger partial charge in [-0.3, -0.25) is 19.7 Å². The Bertz CT molecular complexity index is 1450. The maximum atomic E-state index is 13.2. The maximum Gasteiger partial charge on any atom is 0.270 e. The van der Waals surface area contributed by atoms with Crippen LogP contribution in [0.2, 0.25) is 0 Å². The van der Waals surface area contributed by atoms with Crippen molar-refractivity contribution in [3.8, 4) is 0 Å². The third-order valence-electron chi connectivity index (χ3n) is 6.82. The third-order valence-corrected chi connectivity index (χ3v) is 6.82. The summed E-state index contributed by atoms with van der Waals surface area (Å²) in [5.41, 5.74) is 12.4. The van der Waals surface area contributed by atoms with E-state index in [9.17, 15) is 19.7 Å². The van der Waals surface area contributed by atoms with E-state index in [-0.39, 0.29) is 17.5 Å². The molecule has 0 fully saturated rings. The van der Waals surface area contributed by atoms with Gasteiger partial charge in [0.15, 0.2) is 0 Å². The number of hydrogen-bond acceptors (Lipinski definition) is 6. The van der Waals surface area contributed by atoms with Crippen molar-refractivity contribution in [1.29, 1.82) is 0 Å². The molecule has 9 heteroatoms. The first kappa shape index (κ1) is 24.2. The average molecular weight is 498 g/mol. The summed E-state index contributed by atoms with van der Waals surface area (Å²) in [7, 11) is 0. The Morgan fingerprint density at radius 2 is 1.89 bits per heavy atom. The molecule has 5 rings (SSSR count). The summed E-state index contributed by atoms with van der Waals surface area (Å²) in [6.45, 7) is 3.33. The van der Waals surface area contributed by atoms with Crippen LogP contribution in [0.3, 0.4) is 0 Å². The van der Waals surface area contributed by atoms with Gasteiger partial charge in [-0.2, -0.15) is 0 Å². The zero-order valence-corrected chi connectivity index (χ0v) is 20.4. The minimum atomic E-state index is -0.469. The van der Waals surface area contributed by atoms with Crippen molar-refractivity contribution < 1.29 is 14.5 Å². The number of rotatable bonds is 6. The summed E-state index contributed by atoms with van der Waals surface area (Å²) in [4.78, 5) is 37.8. The first-order chi connectivity index (χ1) is 17.8. The Labute approximate surface area is 214 Å². The summed E-state index contributed by atoms with van der Waals surface area (Å²) in [5.74, 6) is -0.281. The normalized spacial score (nSPS) is 15.5. The Balaban J connectivity index is 1.60. The van der Waals surface area contributed by atoms with Crippen LogP contribution in [0.5, 0.6) is 0 Å². The van der Waals surface area contributed by atoms with Gasteiger partial charge in [-0.1, -0.05) is 30.3 Å². The molecule has 0 aromatic heterocycles. The third kappa shape index (κ3) is 4.81. The highest BCUT2D eigenvalue weighted by molar-refractivity contribution is 6.37. The Hall–Kier alpha value is -4.50. The molecule has 0 saturated heterocycles. The number of carbonyl (C=O) groups is 2. The number of hydrogen-bond donors (Lipinski definition) is 3. The lowest BCUT2D eigenvalue weighted by Gasteiger charge is -2.28. The Kier molecular flexibility index (Phi) is 6.45. The minimum absolute atomic E-state index is 0.0537. The molecular weight excluding hydrogens is 470 g/mol. The molecule has 0 aliphatic carbocycles. The van der Waals surface area contributed by atoms with E-state index >= 15 is 0 Å². The number of non-ortho nitro benzene ring substituents is 1. The van der Waals surface area contributed by atoms with Gasteiger partial charge in [0.2, 0.25) is 5.91 Å². The average Bonchev–Trinajstić information content (AvgIpc) is 3.22. The van der Waals surface area contributed by atoms with Crippen LogP contribution in [0.25, 0.3) is 11.3 Å². The first-order valence-electron chi connectivity index (χ1n) is 12.1. The van der Waals surface area contributed by atoms with Gasteiger partial charge in [0.1, 0.15) is 0 Å². The fraction of sp³-hybridized carbons (Fsp3) is 0.214. The SMILES string of the molecule is CC(=O)N1CCc2cc(NC(=C3C(=O)Nc4ccc([N+](=O)[O-])cc43)c3ccc(CCN)cc3)ccc2C1. The van der Waals surface area contributed by atoms with Crippen LogP contribution in [0.1, 0.15) is 34.7 Å². The van der Waals surface area contributed by atoms with Crippen molar-refractivity contribution in [3.63, 3.8) is 0 Å². The van der Waals surface area contributed by atoms with Crippen molar-refractivity contribution in [2.45, 2.75) is 26.3 Å². The molecule has 9 nitrogen and oxygen atoms in total. The number of fused-ring (bicyclic) bond motifs is 2. The molecule has 0 spiro atoms. The zero-order valence-electron chi connectivity index (χ0n) is 20.4. The number of nitrogens with zero attached hydrogens (tertiary/aromatic N) is 2. The largest absolute Gasteiger partial charge is 0.354 e. The molecule has 0 radical (unpaired) electrons. The van der Waals surface area contributed by atoms with Crippen LogP contribution in [0.15, 0.2) is 60.7 Å². The van der Waals surface area contributed by atoms with Gasteiger partial charge >= 0.3 is 0 Å². The van der Waals surface area contributed by atoms with E-state index in [1.165, 1.54) is 12.1 Å². The molecule has 2 aliphatic rings. The van der Waals surface area contributed by atoms with Gasteiger partial charge in [0.05, 0.1) is 16.2 Å². The van der Waals surface area contributed by atoms with Gasteiger partial charge in [-0.25, -0.2) is 0 Å². The van der Waals surface area contributed by atoms with Crippen LogP contribution >= 0.6 is 0 Å². The number of anilines is 2. The molecule has 2 amide bonds. The van der Waals surface area contributed by atoms with Crippen LogP contribution in [0.4, 0.5) is 17.1 Å². The monoisotopic (exact) mass is 497 g/mol. The second kappa shape index (κ2) is 9.87. The molecule has 3 aromatic rings. The number of nitrogens with one attached hydrogen (secondary N) is 2. The fourth-order valence-electron chi connectivity index (χ4n) is 4.84. The van der Waals surface area contributed by atoms with Crippen LogP contribution in [0, 0.1) is 10.1 Å². The van der Waals surface area contributed by atoms with E-state index in [4.69, 9.17) is 5.73 Å². The molecule has 37 heavy (non-hydrogen) atoms. The van der Waals surface area contributed by atoms with Crippen LogP contribution < -0.4 is 16.4 Å². The van der Waals surface area contributed by atoms with Crippen molar-refractivity contribution in [2.24, 2.45) is 5.73 Å². The van der Waals surface area contributed by atoms with E-state index in [1.54, 1.807) is 13.0 Å².